The van der Waals surface area contributed by atoms with Crippen molar-refractivity contribution in [3.63, 3.8) is 0 Å². The first-order valence-corrected chi connectivity index (χ1v) is 9.88. The molecule has 1 N–H and O–H groups in total. The molecule has 0 aliphatic rings. The molecule has 0 aliphatic carbocycles. The molecule has 0 fully saturated rings. The van der Waals surface area contributed by atoms with E-state index in [2.05, 4.69) is 10.3 Å². The molecular formula is C21H15F3N2O3S. The number of furan rings is 1. The van der Waals surface area contributed by atoms with Crippen molar-refractivity contribution < 1.29 is 26.8 Å². The second-order valence-electron chi connectivity index (χ2n) is 6.38. The van der Waals surface area contributed by atoms with Gasteiger partial charge in [0.15, 0.2) is 11.3 Å². The maximum atomic E-state index is 12.8. The second-order valence-corrected chi connectivity index (χ2v) is 7.31. The fraction of sp³-hybridized carbons (Fsp3) is 0.143. The van der Waals surface area contributed by atoms with E-state index in [1.807, 2.05) is 24.3 Å². The second kappa shape index (κ2) is 8.27. The van der Waals surface area contributed by atoms with Crippen LogP contribution in [0.1, 0.15) is 27.4 Å². The van der Waals surface area contributed by atoms with Gasteiger partial charge in [0.1, 0.15) is 11.3 Å². The number of para-hydroxylation sites is 2. The number of amides is 1. The van der Waals surface area contributed by atoms with Crippen LogP contribution in [-0.4, -0.2) is 10.9 Å². The third-order valence-electron chi connectivity index (χ3n) is 4.20. The quantitative estimate of drug-likeness (QED) is 0.398. The lowest BCUT2D eigenvalue weighted by Gasteiger charge is -2.09. The van der Waals surface area contributed by atoms with Gasteiger partial charge < -0.3 is 14.2 Å². The molecule has 2 aromatic heterocycles. The van der Waals surface area contributed by atoms with Gasteiger partial charge in [0, 0.05) is 6.54 Å². The van der Waals surface area contributed by atoms with Crippen molar-refractivity contribution in [2.75, 3.05) is 0 Å². The van der Waals surface area contributed by atoms with Gasteiger partial charge in [0.25, 0.3) is 11.1 Å². The van der Waals surface area contributed by atoms with E-state index in [0.29, 0.717) is 27.9 Å². The number of benzene rings is 2. The minimum atomic E-state index is -4.43. The highest BCUT2D eigenvalue weighted by molar-refractivity contribution is 7.98. The lowest BCUT2D eigenvalue weighted by molar-refractivity contribution is -0.137. The summed E-state index contributed by atoms with van der Waals surface area (Å²) < 4.78 is 49.5. The number of thioether (sulfide) groups is 1. The van der Waals surface area contributed by atoms with Gasteiger partial charge >= 0.3 is 6.18 Å². The number of aromatic nitrogens is 1. The minimum absolute atomic E-state index is 0.0452. The number of carbonyl (C=O) groups is 1. The predicted molar refractivity (Wildman–Crippen MR) is 105 cm³/mol. The average molecular weight is 432 g/mol. The van der Waals surface area contributed by atoms with Gasteiger partial charge in [-0.15, -0.1) is 0 Å². The topological polar surface area (TPSA) is 68.3 Å². The Morgan fingerprint density at radius 1 is 1.03 bits per heavy atom. The van der Waals surface area contributed by atoms with Crippen LogP contribution in [-0.2, 0) is 18.5 Å². The smallest absolute Gasteiger partial charge is 0.416 e. The molecule has 4 rings (SSSR count). The first-order valence-electron chi connectivity index (χ1n) is 8.90. The molecule has 0 saturated carbocycles. The third-order valence-corrected chi connectivity index (χ3v) is 5.06. The molecule has 4 aromatic rings. The van der Waals surface area contributed by atoms with E-state index in [-0.39, 0.29) is 12.3 Å². The third kappa shape index (κ3) is 4.68. The number of halogens is 3. The lowest BCUT2D eigenvalue weighted by Crippen LogP contribution is -2.22. The Balaban J connectivity index is 1.33. The zero-order valence-electron chi connectivity index (χ0n) is 15.4. The largest absolute Gasteiger partial charge is 0.455 e. The first-order chi connectivity index (χ1) is 14.4. The monoisotopic (exact) mass is 432 g/mol. The Bertz CT molecular complexity index is 1150. The van der Waals surface area contributed by atoms with Crippen LogP contribution in [0.15, 0.2) is 74.7 Å². The Morgan fingerprint density at radius 3 is 2.67 bits per heavy atom. The van der Waals surface area contributed by atoms with Crippen molar-refractivity contribution in [2.45, 2.75) is 23.7 Å². The highest BCUT2D eigenvalue weighted by atomic mass is 32.2. The van der Waals surface area contributed by atoms with Gasteiger partial charge in [-0.2, -0.15) is 13.2 Å². The molecule has 2 heterocycles. The summed E-state index contributed by atoms with van der Waals surface area (Å²) in [5.74, 6) is 0.528. The molecule has 2 aromatic carbocycles. The molecule has 30 heavy (non-hydrogen) atoms. The number of carbonyl (C=O) groups excluding carboxylic acids is 1. The highest BCUT2D eigenvalue weighted by Crippen LogP contribution is 2.29. The summed E-state index contributed by atoms with van der Waals surface area (Å²) in [6.07, 6.45) is -4.43. The molecule has 0 bridgehead atoms. The van der Waals surface area contributed by atoms with Crippen LogP contribution in [0, 0.1) is 0 Å². The molecule has 0 spiro atoms. The van der Waals surface area contributed by atoms with Crippen molar-refractivity contribution in [3.8, 4) is 0 Å². The van der Waals surface area contributed by atoms with Crippen LogP contribution in [0.2, 0.25) is 0 Å². The summed E-state index contributed by atoms with van der Waals surface area (Å²) in [7, 11) is 0. The van der Waals surface area contributed by atoms with Crippen LogP contribution in [0.5, 0.6) is 0 Å². The fourth-order valence-corrected chi connectivity index (χ4v) is 3.48. The van der Waals surface area contributed by atoms with Crippen LogP contribution in [0.4, 0.5) is 13.2 Å². The van der Waals surface area contributed by atoms with Crippen molar-refractivity contribution in [2.24, 2.45) is 0 Å². The normalized spacial score (nSPS) is 11.7. The van der Waals surface area contributed by atoms with E-state index < -0.39 is 17.6 Å². The fourth-order valence-electron chi connectivity index (χ4n) is 2.75. The Kier molecular flexibility index (Phi) is 5.54. The molecule has 0 saturated heterocycles. The summed E-state index contributed by atoms with van der Waals surface area (Å²) in [4.78, 5) is 16.6. The molecular weight excluding hydrogens is 417 g/mol. The maximum absolute atomic E-state index is 12.8. The number of rotatable bonds is 6. The number of nitrogens with one attached hydrogen (secondary N) is 1. The molecule has 0 aliphatic heterocycles. The lowest BCUT2D eigenvalue weighted by atomic mass is 10.1. The van der Waals surface area contributed by atoms with Gasteiger partial charge in [-0.05, 0) is 42.0 Å². The zero-order valence-corrected chi connectivity index (χ0v) is 16.2. The van der Waals surface area contributed by atoms with Gasteiger partial charge in [-0.3, -0.25) is 4.79 Å². The Morgan fingerprint density at radius 2 is 1.87 bits per heavy atom. The number of fused-ring (bicyclic) bond motifs is 1. The number of hydrogen-bond donors (Lipinski definition) is 1. The van der Waals surface area contributed by atoms with Gasteiger partial charge in [-0.1, -0.05) is 36.0 Å². The van der Waals surface area contributed by atoms with E-state index in [4.69, 9.17) is 8.83 Å². The van der Waals surface area contributed by atoms with Crippen molar-refractivity contribution in [1.29, 1.82) is 0 Å². The SMILES string of the molecule is O=C(NCc1cccc(C(F)(F)F)c1)c1ccc(CSc2nc3ccccc3o2)o1. The molecule has 5 nitrogen and oxygen atoms in total. The molecule has 0 atom stereocenters. The standard InChI is InChI=1S/C21H15F3N2O3S/c22-21(23,24)14-5-3-4-13(10-14)11-25-19(27)18-9-8-15(28-18)12-30-20-26-16-6-1-2-7-17(16)29-20/h1-10H,11-12H2,(H,25,27). The van der Waals surface area contributed by atoms with E-state index >= 15 is 0 Å². The average Bonchev–Trinajstić information content (AvgIpc) is 3.36. The highest BCUT2D eigenvalue weighted by Gasteiger charge is 2.30. The van der Waals surface area contributed by atoms with Crippen molar-refractivity contribution in [1.82, 2.24) is 10.3 Å². The molecule has 154 valence electrons. The van der Waals surface area contributed by atoms with Gasteiger partial charge in [0.05, 0.1) is 11.3 Å². The number of oxazole rings is 1. The predicted octanol–water partition coefficient (Wildman–Crippen LogP) is 5.66. The van der Waals surface area contributed by atoms with Crippen molar-refractivity contribution in [3.05, 3.63) is 83.3 Å². The van der Waals surface area contributed by atoms with Crippen LogP contribution in [0.3, 0.4) is 0 Å². The van der Waals surface area contributed by atoms with E-state index in [0.717, 1.165) is 17.6 Å². The number of nitrogens with zero attached hydrogens (tertiary/aromatic N) is 1. The van der Waals surface area contributed by atoms with E-state index in [1.54, 1.807) is 6.07 Å². The molecule has 9 heteroatoms. The number of hydrogen-bond acceptors (Lipinski definition) is 5. The molecule has 1 amide bonds. The summed E-state index contributed by atoms with van der Waals surface area (Å²) >= 11 is 1.33. The van der Waals surface area contributed by atoms with Gasteiger partial charge in [0.2, 0.25) is 0 Å². The molecule has 0 unspecified atom stereocenters. The summed E-state index contributed by atoms with van der Waals surface area (Å²) in [6, 6.07) is 15.4. The van der Waals surface area contributed by atoms with E-state index in [9.17, 15) is 18.0 Å². The summed E-state index contributed by atoms with van der Waals surface area (Å²) in [6.45, 7) is -0.0452. The van der Waals surface area contributed by atoms with Gasteiger partial charge in [-0.25, -0.2) is 4.98 Å². The Labute approximate surface area is 173 Å². The van der Waals surface area contributed by atoms with E-state index in [1.165, 1.54) is 30.0 Å². The van der Waals surface area contributed by atoms with Crippen LogP contribution < -0.4 is 5.32 Å². The molecule has 0 radical (unpaired) electrons. The summed E-state index contributed by atoms with van der Waals surface area (Å²) in [5, 5.41) is 3.05. The number of alkyl halides is 3. The first kappa shape index (κ1) is 20.1. The van der Waals surface area contributed by atoms with Crippen molar-refractivity contribution >= 4 is 28.8 Å². The maximum Gasteiger partial charge on any atom is 0.416 e. The summed E-state index contributed by atoms with van der Waals surface area (Å²) in [5.41, 5.74) is 1.03. The van der Waals surface area contributed by atoms with Crippen LogP contribution >= 0.6 is 11.8 Å². The zero-order chi connectivity index (χ0) is 21.1. The van der Waals surface area contributed by atoms with Crippen LogP contribution in [0.25, 0.3) is 11.1 Å². The Hall–Kier alpha value is -3.20. The minimum Gasteiger partial charge on any atom is -0.455 e.